The van der Waals surface area contributed by atoms with Gasteiger partial charge in [-0.05, 0) is 25.5 Å². The van der Waals surface area contributed by atoms with Crippen molar-refractivity contribution < 1.29 is 14.3 Å². The molecule has 1 rings (SSSR count). The maximum Gasteiger partial charge on any atom is 0.306 e. The number of para-hydroxylation sites is 1. The second-order valence-corrected chi connectivity index (χ2v) is 4.54. The number of benzene rings is 1. The van der Waals surface area contributed by atoms with Gasteiger partial charge in [0.25, 0.3) is 0 Å². The summed E-state index contributed by atoms with van der Waals surface area (Å²) in [6, 6.07) is 9.57. The molecule has 0 saturated carbocycles. The zero-order valence-corrected chi connectivity index (χ0v) is 12.3. The predicted molar refractivity (Wildman–Crippen MR) is 79.6 cm³/mol. The summed E-state index contributed by atoms with van der Waals surface area (Å²) in [6.45, 7) is 4.89. The van der Waals surface area contributed by atoms with Crippen molar-refractivity contribution in [2.24, 2.45) is 0 Å². The Hall–Kier alpha value is -1.84. The van der Waals surface area contributed by atoms with Crippen molar-refractivity contribution in [1.29, 1.82) is 0 Å². The number of carbonyl (C=O) groups is 2. The Labute approximate surface area is 120 Å². The van der Waals surface area contributed by atoms with Crippen molar-refractivity contribution in [3.63, 3.8) is 0 Å². The molecule has 4 nitrogen and oxygen atoms in total. The maximum atomic E-state index is 12.3. The normalized spacial score (nSPS) is 10.1. The van der Waals surface area contributed by atoms with Crippen LogP contribution in [-0.2, 0) is 14.3 Å². The van der Waals surface area contributed by atoms with Crippen molar-refractivity contribution in [2.45, 2.75) is 39.5 Å². The van der Waals surface area contributed by atoms with Crippen LogP contribution in [0.3, 0.4) is 0 Å². The average molecular weight is 277 g/mol. The van der Waals surface area contributed by atoms with E-state index in [0.29, 0.717) is 13.2 Å². The van der Waals surface area contributed by atoms with Gasteiger partial charge in [-0.2, -0.15) is 0 Å². The Morgan fingerprint density at radius 1 is 1.10 bits per heavy atom. The third-order valence-corrected chi connectivity index (χ3v) is 2.95. The molecule has 0 saturated heterocycles. The first-order valence-electron chi connectivity index (χ1n) is 7.20. The van der Waals surface area contributed by atoms with Gasteiger partial charge >= 0.3 is 5.97 Å². The number of ether oxygens (including phenoxy) is 1. The van der Waals surface area contributed by atoms with Gasteiger partial charge in [-0.25, -0.2) is 0 Å². The molecule has 1 aromatic rings. The first kappa shape index (κ1) is 16.2. The van der Waals surface area contributed by atoms with E-state index in [9.17, 15) is 9.59 Å². The minimum Gasteiger partial charge on any atom is -0.466 e. The van der Waals surface area contributed by atoms with Gasteiger partial charge < -0.3 is 9.64 Å². The summed E-state index contributed by atoms with van der Waals surface area (Å²) in [5.74, 6) is -0.345. The number of esters is 1. The Balaban J connectivity index is 2.63. The van der Waals surface area contributed by atoms with E-state index < -0.39 is 0 Å². The van der Waals surface area contributed by atoms with Gasteiger partial charge in [0.2, 0.25) is 5.91 Å². The van der Waals surface area contributed by atoms with E-state index in [2.05, 4.69) is 6.92 Å². The highest BCUT2D eigenvalue weighted by molar-refractivity contribution is 5.94. The largest absolute Gasteiger partial charge is 0.466 e. The molecular weight excluding hydrogens is 254 g/mol. The zero-order valence-electron chi connectivity index (χ0n) is 12.3. The number of unbranched alkanes of at least 4 members (excludes halogenated alkanes) is 1. The minimum absolute atomic E-state index is 0.0299. The molecule has 0 fully saturated rings. The lowest BCUT2D eigenvalue weighted by atomic mass is 10.2. The van der Waals surface area contributed by atoms with Gasteiger partial charge in [0, 0.05) is 18.7 Å². The van der Waals surface area contributed by atoms with Crippen molar-refractivity contribution in [2.75, 3.05) is 18.1 Å². The van der Waals surface area contributed by atoms with E-state index >= 15 is 0 Å². The maximum absolute atomic E-state index is 12.3. The standard InChI is InChI=1S/C16H23NO3/c1-3-5-13-17(14-9-7-6-8-10-14)15(18)11-12-16(19)20-4-2/h6-10H,3-5,11-13H2,1-2H3. The third-order valence-electron chi connectivity index (χ3n) is 2.95. The SMILES string of the molecule is CCCCN(C(=O)CCC(=O)OCC)c1ccccc1. The summed E-state index contributed by atoms with van der Waals surface area (Å²) in [5.41, 5.74) is 0.884. The molecule has 0 unspecified atom stereocenters. The lowest BCUT2D eigenvalue weighted by Gasteiger charge is -2.22. The van der Waals surface area contributed by atoms with E-state index in [1.165, 1.54) is 0 Å². The van der Waals surface area contributed by atoms with Crippen LogP contribution in [0.1, 0.15) is 39.5 Å². The van der Waals surface area contributed by atoms with Crippen LogP contribution < -0.4 is 4.90 Å². The topological polar surface area (TPSA) is 46.6 Å². The molecule has 110 valence electrons. The van der Waals surface area contributed by atoms with Gasteiger partial charge in [-0.15, -0.1) is 0 Å². The van der Waals surface area contributed by atoms with E-state index in [1.807, 2.05) is 30.3 Å². The highest BCUT2D eigenvalue weighted by Gasteiger charge is 2.16. The van der Waals surface area contributed by atoms with Gasteiger partial charge in [-0.1, -0.05) is 31.5 Å². The van der Waals surface area contributed by atoms with Crippen molar-refractivity contribution >= 4 is 17.6 Å². The van der Waals surface area contributed by atoms with Crippen LogP contribution in [0.15, 0.2) is 30.3 Å². The van der Waals surface area contributed by atoms with Gasteiger partial charge in [0.05, 0.1) is 13.0 Å². The van der Waals surface area contributed by atoms with Crippen molar-refractivity contribution in [3.05, 3.63) is 30.3 Å². The number of hydrogen-bond acceptors (Lipinski definition) is 3. The van der Waals surface area contributed by atoms with Crippen LogP contribution in [-0.4, -0.2) is 25.0 Å². The summed E-state index contributed by atoms with van der Waals surface area (Å²) in [4.78, 5) is 25.4. The van der Waals surface area contributed by atoms with Gasteiger partial charge in [-0.3, -0.25) is 9.59 Å². The molecule has 0 aliphatic carbocycles. The van der Waals surface area contributed by atoms with Crippen LogP contribution in [0.2, 0.25) is 0 Å². The summed E-state index contributed by atoms with van der Waals surface area (Å²) in [6.07, 6.45) is 2.30. The number of rotatable bonds is 8. The molecule has 0 heterocycles. The first-order chi connectivity index (χ1) is 9.69. The van der Waals surface area contributed by atoms with E-state index in [0.717, 1.165) is 18.5 Å². The van der Waals surface area contributed by atoms with Crippen molar-refractivity contribution in [1.82, 2.24) is 0 Å². The molecule has 0 spiro atoms. The number of amides is 1. The van der Waals surface area contributed by atoms with Crippen LogP contribution in [0.25, 0.3) is 0 Å². The molecule has 0 radical (unpaired) electrons. The average Bonchev–Trinajstić information content (AvgIpc) is 2.47. The number of carbonyl (C=O) groups excluding carboxylic acids is 2. The lowest BCUT2D eigenvalue weighted by molar-refractivity contribution is -0.144. The van der Waals surface area contributed by atoms with E-state index in [4.69, 9.17) is 4.74 Å². The molecule has 0 bridgehead atoms. The Bertz CT molecular complexity index is 417. The minimum atomic E-state index is -0.315. The third kappa shape index (κ3) is 5.43. The molecule has 0 aromatic heterocycles. The molecule has 20 heavy (non-hydrogen) atoms. The number of hydrogen-bond donors (Lipinski definition) is 0. The summed E-state index contributed by atoms with van der Waals surface area (Å²) in [5, 5.41) is 0. The van der Waals surface area contributed by atoms with Gasteiger partial charge in [0.15, 0.2) is 0 Å². The highest BCUT2D eigenvalue weighted by Crippen LogP contribution is 2.16. The quantitative estimate of drug-likeness (QED) is 0.686. The Morgan fingerprint density at radius 3 is 2.40 bits per heavy atom. The fraction of sp³-hybridized carbons (Fsp3) is 0.500. The molecular formula is C16H23NO3. The fourth-order valence-electron chi connectivity index (χ4n) is 1.90. The molecule has 0 aliphatic rings. The van der Waals surface area contributed by atoms with Crippen LogP contribution in [0.4, 0.5) is 5.69 Å². The Kier molecular flexibility index (Phi) is 7.40. The molecule has 1 amide bonds. The molecule has 0 N–H and O–H groups in total. The Morgan fingerprint density at radius 2 is 1.80 bits per heavy atom. The summed E-state index contributed by atoms with van der Waals surface area (Å²) < 4.78 is 4.85. The summed E-state index contributed by atoms with van der Waals surface area (Å²) in [7, 11) is 0. The second kappa shape index (κ2) is 9.13. The number of anilines is 1. The van der Waals surface area contributed by atoms with Crippen LogP contribution in [0.5, 0.6) is 0 Å². The first-order valence-corrected chi connectivity index (χ1v) is 7.20. The highest BCUT2D eigenvalue weighted by atomic mass is 16.5. The molecule has 0 aliphatic heterocycles. The predicted octanol–water partition coefficient (Wildman–Crippen LogP) is 3.16. The number of nitrogens with zero attached hydrogens (tertiary/aromatic N) is 1. The molecule has 0 atom stereocenters. The zero-order chi connectivity index (χ0) is 14.8. The van der Waals surface area contributed by atoms with Crippen molar-refractivity contribution in [3.8, 4) is 0 Å². The van der Waals surface area contributed by atoms with Crippen LogP contribution >= 0.6 is 0 Å². The van der Waals surface area contributed by atoms with E-state index in [1.54, 1.807) is 11.8 Å². The van der Waals surface area contributed by atoms with Gasteiger partial charge in [0.1, 0.15) is 0 Å². The molecule has 1 aromatic carbocycles. The fourth-order valence-corrected chi connectivity index (χ4v) is 1.90. The smallest absolute Gasteiger partial charge is 0.306 e. The monoisotopic (exact) mass is 277 g/mol. The summed E-state index contributed by atoms with van der Waals surface area (Å²) >= 11 is 0. The lowest BCUT2D eigenvalue weighted by Crippen LogP contribution is -2.32. The van der Waals surface area contributed by atoms with Crippen LogP contribution in [0, 0.1) is 0 Å². The van der Waals surface area contributed by atoms with E-state index in [-0.39, 0.29) is 24.7 Å². The second-order valence-electron chi connectivity index (χ2n) is 4.54. The molecule has 4 heteroatoms.